The molecule has 0 aliphatic rings. The molecule has 0 N–H and O–H groups in total. The van der Waals surface area contributed by atoms with Crippen molar-refractivity contribution in [3.05, 3.63) is 22.6 Å². The minimum absolute atomic E-state index is 0. The zero-order valence-corrected chi connectivity index (χ0v) is 8.70. The summed E-state index contributed by atoms with van der Waals surface area (Å²) in [4.78, 5) is 3.57. The van der Waals surface area contributed by atoms with Crippen LogP contribution in [-0.2, 0) is 0 Å². The Hall–Kier alpha value is 0.616. The van der Waals surface area contributed by atoms with Gasteiger partial charge in [0.15, 0.2) is 0 Å². The van der Waals surface area contributed by atoms with Crippen LogP contribution in [0.15, 0.2) is 16.6 Å². The predicted octanol–water partition coefficient (Wildman–Crippen LogP) is -2.22. The normalized spacial score (nSPS) is 8.80. The van der Waals surface area contributed by atoms with Gasteiger partial charge in [-0.3, -0.25) is 0 Å². The van der Waals surface area contributed by atoms with E-state index in [9.17, 15) is 4.39 Å². The first-order chi connectivity index (χ1) is 4.20. The average molecular weight is 235 g/mol. The predicted molar refractivity (Wildman–Crippen MR) is 37.3 cm³/mol. The number of rotatable bonds is 0. The van der Waals surface area contributed by atoms with Gasteiger partial charge in [0.1, 0.15) is 0 Å². The van der Waals surface area contributed by atoms with Crippen molar-refractivity contribution in [2.45, 2.75) is 0 Å². The van der Waals surface area contributed by atoms with Crippen molar-refractivity contribution in [2.24, 2.45) is 0 Å². The number of halogens is 3. The maximum absolute atomic E-state index is 12.4. The second-order valence-electron chi connectivity index (χ2n) is 1.58. The van der Waals surface area contributed by atoms with E-state index in [-0.39, 0.29) is 12.4 Å². The van der Waals surface area contributed by atoms with E-state index in [1.165, 1.54) is 0 Å². The minimum Gasteiger partial charge on any atom is -1.00 e. The van der Waals surface area contributed by atoms with Gasteiger partial charge in [-0.25, -0.2) is 0 Å². The molecule has 0 unspecified atom stereocenters. The molecule has 50 valence electrons. The molecule has 0 amide bonds. The molecule has 0 spiro atoms. The molecule has 0 bridgehead atoms. The van der Waals surface area contributed by atoms with E-state index in [0.717, 1.165) is 3.82 Å². The van der Waals surface area contributed by atoms with Crippen molar-refractivity contribution in [2.75, 3.05) is 0 Å². The fraction of sp³-hybridized carbons (Fsp3) is 0. The van der Waals surface area contributed by atoms with Crippen LogP contribution in [0.4, 0.5) is 4.39 Å². The molecule has 0 fully saturated rings. The zero-order chi connectivity index (χ0) is 6.85. The van der Waals surface area contributed by atoms with Crippen LogP contribution in [0.3, 0.4) is 0 Å². The summed E-state index contributed by atoms with van der Waals surface area (Å²) >= 11 is 4.55. The van der Waals surface area contributed by atoms with Crippen molar-refractivity contribution in [1.29, 1.82) is 0 Å². The molecule has 1 heterocycles. The van der Waals surface area contributed by atoms with Crippen LogP contribution in [0, 0.1) is 5.95 Å². The van der Waals surface area contributed by atoms with Gasteiger partial charge in [0, 0.05) is 0 Å². The summed E-state index contributed by atoms with van der Waals surface area (Å²) in [5.41, 5.74) is 0. The molecule has 1 aromatic rings. The van der Waals surface area contributed by atoms with E-state index >= 15 is 0 Å². The third-order valence-electron chi connectivity index (χ3n) is 0.861. The number of aromatic nitrogens is 1. The van der Waals surface area contributed by atoms with E-state index in [4.69, 9.17) is 0 Å². The fourth-order valence-corrected chi connectivity index (χ4v) is 0.932. The van der Waals surface area contributed by atoms with Crippen molar-refractivity contribution >= 4 is 41.5 Å². The summed E-state index contributed by atoms with van der Waals surface area (Å²) < 4.78 is 13.6. The Bertz CT molecular complexity index is 233. The summed E-state index contributed by atoms with van der Waals surface area (Å²) in [7, 11) is 0. The van der Waals surface area contributed by atoms with Gasteiger partial charge in [-0.1, -0.05) is 0 Å². The summed E-state index contributed by atoms with van der Waals surface area (Å²) in [5, 5.41) is 0. The van der Waals surface area contributed by atoms with E-state index in [1.54, 1.807) is 33.8 Å². The van der Waals surface area contributed by atoms with E-state index in [1.807, 2.05) is 0 Å². The number of hydrogen-bond acceptors (Lipinski definition) is 1. The second kappa shape index (κ2) is 4.49. The Morgan fingerprint density at radius 3 is 2.50 bits per heavy atom. The van der Waals surface area contributed by atoms with Crippen LogP contribution in [0.2, 0.25) is 0 Å². The van der Waals surface area contributed by atoms with E-state index < -0.39 is 5.95 Å². The first-order valence-corrected chi connectivity index (χ1v) is 3.84. The molecular weight excluding hydrogens is 233 g/mol. The van der Waals surface area contributed by atoms with Crippen LogP contribution in [0.25, 0.3) is 0 Å². The molecule has 0 radical (unpaired) electrons. The molecule has 5 heteroatoms. The smallest absolute Gasteiger partial charge is 1.00 e. The maximum Gasteiger partial charge on any atom is -1.00 e. The monoisotopic (exact) mass is 233 g/mol. The van der Waals surface area contributed by atoms with Crippen LogP contribution in [0.5, 0.6) is 0 Å². The van der Waals surface area contributed by atoms with Crippen LogP contribution in [-0.4, -0.2) is 26.7 Å². The molecule has 0 atom stereocenters. The average Bonchev–Trinajstić information content (AvgIpc) is 1.80. The first-order valence-electron chi connectivity index (χ1n) is 2.34. The maximum atomic E-state index is 12.4. The van der Waals surface area contributed by atoms with Gasteiger partial charge in [0.25, 0.3) is 0 Å². The van der Waals surface area contributed by atoms with Crippen LogP contribution < -0.4 is 16.2 Å². The summed E-state index contributed by atoms with van der Waals surface area (Å²) in [6, 6.07) is 3.40. The summed E-state index contributed by atoms with van der Waals surface area (Å²) in [5.74, 6) is -0.442. The van der Waals surface area contributed by atoms with Crippen LogP contribution in [0.1, 0.15) is 0 Å². The third kappa shape index (κ3) is 2.70. The molecule has 0 saturated carbocycles. The van der Waals surface area contributed by atoms with Gasteiger partial charge >= 0.3 is 73.4 Å². The molecule has 10 heavy (non-hydrogen) atoms. The Morgan fingerprint density at radius 2 is 2.10 bits per heavy atom. The summed E-state index contributed by atoms with van der Waals surface area (Å²) in [6.07, 6.45) is 0. The molecule has 0 saturated heterocycles. The van der Waals surface area contributed by atoms with Crippen LogP contribution >= 0.6 is 15.9 Å². The largest absolute Gasteiger partial charge is 1.00 e. The molecule has 0 aliphatic carbocycles. The van der Waals surface area contributed by atoms with Gasteiger partial charge < -0.3 is 12.4 Å². The molecular formula is C5H2BrClFMgN. The first kappa shape index (κ1) is 10.6. The van der Waals surface area contributed by atoms with Gasteiger partial charge in [-0.15, -0.1) is 0 Å². The third-order valence-corrected chi connectivity index (χ3v) is 1.85. The van der Waals surface area contributed by atoms with Crippen molar-refractivity contribution in [3.63, 3.8) is 0 Å². The molecule has 1 aromatic heterocycles. The van der Waals surface area contributed by atoms with Crippen molar-refractivity contribution in [1.82, 2.24) is 4.98 Å². The van der Waals surface area contributed by atoms with Gasteiger partial charge in [0.2, 0.25) is 0 Å². The molecule has 1 rings (SSSR count). The van der Waals surface area contributed by atoms with E-state index in [0.29, 0.717) is 4.47 Å². The minimum atomic E-state index is -0.442. The standard InChI is InChI=1S/C5H2BrFN.ClH.Mg/c6-4-2-1-3-8-5(4)7;;/h1-2H;1H;/q;;+1/p-1. The van der Waals surface area contributed by atoms with E-state index in [2.05, 4.69) is 20.9 Å². The number of pyridine rings is 1. The number of hydrogen-bond donors (Lipinski definition) is 0. The van der Waals surface area contributed by atoms with Crippen molar-refractivity contribution < 1.29 is 16.8 Å². The fourth-order valence-electron chi connectivity index (χ4n) is 0.455. The van der Waals surface area contributed by atoms with Gasteiger partial charge in [-0.05, 0) is 0 Å². The van der Waals surface area contributed by atoms with Gasteiger partial charge in [0.05, 0.1) is 0 Å². The van der Waals surface area contributed by atoms with Gasteiger partial charge in [-0.2, -0.15) is 0 Å². The Morgan fingerprint density at radius 1 is 1.50 bits per heavy atom. The Balaban J connectivity index is 0.000000810. The SMILES string of the molecule is Fc1n[c]([Mg+])ccc1Br.[Cl-]. The quantitative estimate of drug-likeness (QED) is 0.366. The number of nitrogens with zero attached hydrogens (tertiary/aromatic N) is 1. The molecule has 0 aliphatic heterocycles. The second-order valence-corrected chi connectivity index (χ2v) is 3.15. The molecule has 1 nitrogen and oxygen atoms in total. The summed E-state index contributed by atoms with van der Waals surface area (Å²) in [6.45, 7) is 0. The Kier molecular flexibility index (Phi) is 4.76. The Labute approximate surface area is 85.4 Å². The van der Waals surface area contributed by atoms with Crippen molar-refractivity contribution in [3.8, 4) is 0 Å². The topological polar surface area (TPSA) is 12.9 Å². The molecule has 0 aromatic carbocycles. The zero-order valence-electron chi connectivity index (χ0n) is 4.94.